The molecule has 0 bridgehead atoms. The van der Waals surface area contributed by atoms with Gasteiger partial charge in [0.2, 0.25) is 11.8 Å². The van der Waals surface area contributed by atoms with E-state index >= 15 is 0 Å². The quantitative estimate of drug-likeness (QED) is 0.701. The van der Waals surface area contributed by atoms with Gasteiger partial charge in [-0.1, -0.05) is 13.8 Å². The fourth-order valence-electron chi connectivity index (χ4n) is 1.54. The third-order valence-corrected chi connectivity index (χ3v) is 2.33. The first-order valence-electron chi connectivity index (χ1n) is 5.42. The lowest BCUT2D eigenvalue weighted by Crippen LogP contribution is -2.36. The molecule has 0 aromatic rings. The van der Waals surface area contributed by atoms with E-state index in [4.69, 9.17) is 9.47 Å². The minimum absolute atomic E-state index is 0.00671. The second-order valence-electron chi connectivity index (χ2n) is 3.94. The Bertz CT molecular complexity index is 272. The Morgan fingerprint density at radius 3 is 2.40 bits per heavy atom. The van der Waals surface area contributed by atoms with Gasteiger partial charge in [0.1, 0.15) is 12.1 Å². The molecule has 2 atom stereocenters. The molecule has 0 fully saturated rings. The molecule has 0 aromatic carbocycles. The van der Waals surface area contributed by atoms with Crippen LogP contribution in [0.25, 0.3) is 0 Å². The highest BCUT2D eigenvalue weighted by Gasteiger charge is 2.28. The molecule has 1 aliphatic heterocycles. The molecular formula is C11H20N2O2. The van der Waals surface area contributed by atoms with Gasteiger partial charge in [0.25, 0.3) is 0 Å². The van der Waals surface area contributed by atoms with E-state index in [0.29, 0.717) is 18.4 Å². The fraction of sp³-hybridized carbons (Fsp3) is 0.818. The number of rotatable bonds is 2. The monoisotopic (exact) mass is 212 g/mol. The van der Waals surface area contributed by atoms with Crippen molar-refractivity contribution in [2.45, 2.75) is 39.8 Å². The Balaban J connectivity index is 2.87. The predicted molar refractivity (Wildman–Crippen MR) is 61.6 cm³/mol. The maximum absolute atomic E-state index is 5.46. The molecule has 0 spiro atoms. The Labute approximate surface area is 91.4 Å². The third-order valence-electron chi connectivity index (χ3n) is 2.33. The van der Waals surface area contributed by atoms with Crippen LogP contribution in [0.1, 0.15) is 27.7 Å². The number of hydrogen-bond donors (Lipinski definition) is 0. The van der Waals surface area contributed by atoms with Crippen LogP contribution in [-0.4, -0.2) is 37.6 Å². The normalized spacial score (nSPS) is 26.0. The Morgan fingerprint density at radius 1 is 1.27 bits per heavy atom. The molecule has 4 nitrogen and oxygen atoms in total. The Kier molecular flexibility index (Phi) is 4.12. The van der Waals surface area contributed by atoms with E-state index in [9.17, 15) is 0 Å². The van der Waals surface area contributed by atoms with Crippen LogP contribution in [0, 0.1) is 5.92 Å². The average Bonchev–Trinajstić information content (AvgIpc) is 2.20. The van der Waals surface area contributed by atoms with Crippen molar-refractivity contribution in [2.75, 3.05) is 13.7 Å². The smallest absolute Gasteiger partial charge is 0.209 e. The summed E-state index contributed by atoms with van der Waals surface area (Å²) in [5.74, 6) is 1.80. The molecule has 0 aliphatic carbocycles. The van der Waals surface area contributed by atoms with Crippen LogP contribution in [-0.2, 0) is 9.47 Å². The first-order valence-corrected chi connectivity index (χ1v) is 5.42. The van der Waals surface area contributed by atoms with Gasteiger partial charge in [0.05, 0.1) is 13.7 Å². The number of nitrogens with zero attached hydrogens (tertiary/aromatic N) is 2. The van der Waals surface area contributed by atoms with E-state index < -0.39 is 0 Å². The van der Waals surface area contributed by atoms with E-state index in [1.807, 2.05) is 13.8 Å². The lowest BCUT2D eigenvalue weighted by atomic mass is 10.0. The second-order valence-corrected chi connectivity index (χ2v) is 3.94. The van der Waals surface area contributed by atoms with Crippen molar-refractivity contribution in [1.29, 1.82) is 0 Å². The van der Waals surface area contributed by atoms with Crippen molar-refractivity contribution in [3.05, 3.63) is 0 Å². The molecule has 1 aliphatic rings. The summed E-state index contributed by atoms with van der Waals surface area (Å²) in [6.45, 7) is 8.75. The highest BCUT2D eigenvalue weighted by molar-refractivity contribution is 5.93. The number of ether oxygens (including phenoxy) is 2. The van der Waals surface area contributed by atoms with Gasteiger partial charge in [-0.25, -0.2) is 9.98 Å². The molecule has 1 heterocycles. The summed E-state index contributed by atoms with van der Waals surface area (Å²) in [5.41, 5.74) is 0. The van der Waals surface area contributed by atoms with Crippen molar-refractivity contribution < 1.29 is 9.47 Å². The minimum atomic E-state index is -0.0325. The molecule has 0 saturated carbocycles. The molecular weight excluding hydrogens is 192 g/mol. The number of methoxy groups -OCH3 is 1. The molecule has 0 radical (unpaired) electrons. The SMILES string of the molecule is CCOC1=NC(C(C)C)C(OC)=N[C@@H]1C. The van der Waals surface area contributed by atoms with Crippen molar-refractivity contribution in [3.8, 4) is 0 Å². The van der Waals surface area contributed by atoms with E-state index in [1.54, 1.807) is 7.11 Å². The molecule has 0 N–H and O–H groups in total. The van der Waals surface area contributed by atoms with Gasteiger partial charge in [-0.3, -0.25) is 0 Å². The fourth-order valence-corrected chi connectivity index (χ4v) is 1.54. The van der Waals surface area contributed by atoms with Crippen molar-refractivity contribution in [1.82, 2.24) is 0 Å². The zero-order valence-corrected chi connectivity index (χ0v) is 10.2. The summed E-state index contributed by atoms with van der Waals surface area (Å²) in [6.07, 6.45) is 0. The lowest BCUT2D eigenvalue weighted by Gasteiger charge is -2.25. The van der Waals surface area contributed by atoms with Crippen LogP contribution in [0.4, 0.5) is 0 Å². The molecule has 15 heavy (non-hydrogen) atoms. The van der Waals surface area contributed by atoms with E-state index in [2.05, 4.69) is 23.8 Å². The van der Waals surface area contributed by atoms with E-state index in [1.165, 1.54) is 0 Å². The highest BCUT2D eigenvalue weighted by Crippen LogP contribution is 2.17. The van der Waals surface area contributed by atoms with Crippen LogP contribution in [0.2, 0.25) is 0 Å². The number of aliphatic imine (C=N–C) groups is 2. The molecule has 0 aromatic heterocycles. The molecule has 0 amide bonds. The van der Waals surface area contributed by atoms with Crippen LogP contribution in [0.5, 0.6) is 0 Å². The summed E-state index contributed by atoms with van der Waals surface area (Å²) in [6, 6.07) is -0.0392. The second kappa shape index (κ2) is 5.14. The topological polar surface area (TPSA) is 43.2 Å². The van der Waals surface area contributed by atoms with Crippen molar-refractivity contribution in [3.63, 3.8) is 0 Å². The maximum Gasteiger partial charge on any atom is 0.209 e. The van der Waals surface area contributed by atoms with Gasteiger partial charge in [-0.15, -0.1) is 0 Å². The zero-order chi connectivity index (χ0) is 11.4. The third kappa shape index (κ3) is 2.70. The molecule has 86 valence electrons. The Hall–Kier alpha value is -1.06. The summed E-state index contributed by atoms with van der Waals surface area (Å²) in [7, 11) is 1.64. The highest BCUT2D eigenvalue weighted by atomic mass is 16.5. The summed E-state index contributed by atoms with van der Waals surface area (Å²) in [5, 5.41) is 0. The van der Waals surface area contributed by atoms with Gasteiger partial charge < -0.3 is 9.47 Å². The van der Waals surface area contributed by atoms with Gasteiger partial charge >= 0.3 is 0 Å². The van der Waals surface area contributed by atoms with Crippen LogP contribution in [0.15, 0.2) is 9.98 Å². The summed E-state index contributed by atoms with van der Waals surface area (Å²) >= 11 is 0. The van der Waals surface area contributed by atoms with Gasteiger partial charge in [-0.05, 0) is 19.8 Å². The molecule has 0 saturated heterocycles. The lowest BCUT2D eigenvalue weighted by molar-refractivity contribution is 0.296. The average molecular weight is 212 g/mol. The minimum Gasteiger partial charge on any atom is -0.483 e. The van der Waals surface area contributed by atoms with Crippen molar-refractivity contribution >= 4 is 11.8 Å². The van der Waals surface area contributed by atoms with Crippen LogP contribution >= 0.6 is 0 Å². The van der Waals surface area contributed by atoms with Gasteiger partial charge in [0, 0.05) is 0 Å². The first kappa shape index (κ1) is 12.0. The predicted octanol–water partition coefficient (Wildman–Crippen LogP) is 1.89. The first-order chi connectivity index (χ1) is 7.10. The molecule has 1 rings (SSSR count). The largest absolute Gasteiger partial charge is 0.483 e. The molecule has 1 unspecified atom stereocenters. The van der Waals surface area contributed by atoms with Crippen molar-refractivity contribution in [2.24, 2.45) is 15.9 Å². The van der Waals surface area contributed by atoms with Crippen LogP contribution < -0.4 is 0 Å². The maximum atomic E-state index is 5.46. The van der Waals surface area contributed by atoms with E-state index in [-0.39, 0.29) is 12.1 Å². The Morgan fingerprint density at radius 2 is 1.93 bits per heavy atom. The van der Waals surface area contributed by atoms with E-state index in [0.717, 1.165) is 5.90 Å². The molecule has 4 heteroatoms. The van der Waals surface area contributed by atoms with Gasteiger partial charge in [0.15, 0.2) is 0 Å². The standard InChI is InChI=1S/C11H20N2O2/c1-6-15-10-8(4)12-11(14-5)9(13-10)7(2)3/h7-9H,6H2,1-5H3/t8-,9?/m1/s1. The van der Waals surface area contributed by atoms with Crippen LogP contribution in [0.3, 0.4) is 0 Å². The summed E-state index contributed by atoms with van der Waals surface area (Å²) in [4.78, 5) is 8.99. The summed E-state index contributed by atoms with van der Waals surface area (Å²) < 4.78 is 10.7. The number of hydrogen-bond acceptors (Lipinski definition) is 4. The zero-order valence-electron chi connectivity index (χ0n) is 10.2. The van der Waals surface area contributed by atoms with Gasteiger partial charge in [-0.2, -0.15) is 0 Å².